The third-order valence-corrected chi connectivity index (χ3v) is 13.2. The molecule has 0 unspecified atom stereocenters. The number of hydrogen-bond acceptors (Lipinski definition) is 11. The summed E-state index contributed by atoms with van der Waals surface area (Å²) >= 11 is 0. The predicted molar refractivity (Wildman–Crippen MR) is 213 cm³/mol. The van der Waals surface area contributed by atoms with Crippen LogP contribution >= 0.6 is 0 Å². The van der Waals surface area contributed by atoms with Crippen LogP contribution < -0.4 is 24.8 Å². The number of benzene rings is 1. The number of fused-ring (bicyclic) bond motifs is 3. The topological polar surface area (TPSA) is 195 Å². The minimum Gasteiger partial charge on any atom is -0.497 e. The van der Waals surface area contributed by atoms with E-state index in [0.717, 1.165) is 6.42 Å². The van der Waals surface area contributed by atoms with E-state index < -0.39 is 74.3 Å². The van der Waals surface area contributed by atoms with Gasteiger partial charge in [-0.3, -0.25) is 19.1 Å². The lowest BCUT2D eigenvalue weighted by Gasteiger charge is -2.34. The van der Waals surface area contributed by atoms with Crippen LogP contribution in [0.25, 0.3) is 11.0 Å². The molecule has 1 saturated heterocycles. The van der Waals surface area contributed by atoms with Crippen molar-refractivity contribution in [2.75, 3.05) is 13.7 Å². The van der Waals surface area contributed by atoms with Crippen LogP contribution in [-0.2, 0) is 29.1 Å². The van der Waals surface area contributed by atoms with Crippen LogP contribution in [0.5, 0.6) is 11.6 Å². The van der Waals surface area contributed by atoms with E-state index in [4.69, 9.17) is 24.2 Å². The number of nitrogens with one attached hydrogen (secondary N) is 3. The number of carbonyl (C=O) groups excluding carboxylic acids is 4. The first-order chi connectivity index (χ1) is 26.8. The molecule has 6 rings (SSSR count). The van der Waals surface area contributed by atoms with Crippen molar-refractivity contribution in [2.45, 2.75) is 140 Å². The fraction of sp³-hybridized carbons (Fsp3) is 0.659. The summed E-state index contributed by atoms with van der Waals surface area (Å²) in [5, 5.41) is 5.14. The summed E-state index contributed by atoms with van der Waals surface area (Å²) in [6.07, 6.45) is 6.14. The first-order valence-corrected chi connectivity index (χ1v) is 21.8. The van der Waals surface area contributed by atoms with Gasteiger partial charge in [0.25, 0.3) is 5.91 Å². The molecule has 1 aromatic heterocycles. The van der Waals surface area contributed by atoms with E-state index in [9.17, 15) is 27.6 Å². The van der Waals surface area contributed by atoms with Crippen molar-refractivity contribution in [2.24, 2.45) is 17.8 Å². The molecule has 0 radical (unpaired) electrons. The highest BCUT2D eigenvalue weighted by molar-refractivity contribution is 7.91. The van der Waals surface area contributed by atoms with Crippen molar-refractivity contribution in [1.29, 1.82) is 0 Å². The van der Waals surface area contributed by atoms with Gasteiger partial charge in [0.15, 0.2) is 0 Å². The van der Waals surface area contributed by atoms with Gasteiger partial charge in [-0.25, -0.2) is 23.2 Å². The van der Waals surface area contributed by atoms with Gasteiger partial charge in [0.1, 0.15) is 40.8 Å². The SMILES string of the molecule is CC[C@@H]1C[C@H](C)CC/C=C\[C@@H]2C[C@@]2(C(=O)NS(=O)(=O)C2CC2)NC(=O)[C@@H]2C[C@@H](Oc3nc4cc(OC)ccc4nc3C(C)C)CN2C(=O)[C@H]1NC(=O)OC(C)(C)C. The number of allylic oxidation sites excluding steroid dienone is 1. The van der Waals surface area contributed by atoms with Crippen LogP contribution in [0.2, 0.25) is 0 Å². The summed E-state index contributed by atoms with van der Waals surface area (Å²) in [6.45, 7) is 13.2. The molecule has 312 valence electrons. The van der Waals surface area contributed by atoms with Gasteiger partial charge in [0.05, 0.1) is 29.9 Å². The molecule has 3 heterocycles. The lowest BCUT2D eigenvalue weighted by Crippen LogP contribution is -2.59. The molecule has 3 N–H and O–H groups in total. The molecule has 2 aromatic rings. The molecule has 2 aliphatic heterocycles. The Kier molecular flexibility index (Phi) is 12.1. The van der Waals surface area contributed by atoms with Crippen LogP contribution in [0.3, 0.4) is 0 Å². The average Bonchev–Trinajstić information content (AvgIpc) is 4.06. The Bertz CT molecular complexity index is 2010. The summed E-state index contributed by atoms with van der Waals surface area (Å²) in [4.78, 5) is 67.9. The number of aromatic nitrogens is 2. The summed E-state index contributed by atoms with van der Waals surface area (Å²) in [5.74, 6) is -1.75. The van der Waals surface area contributed by atoms with Crippen molar-refractivity contribution in [3.8, 4) is 11.6 Å². The number of amides is 4. The second kappa shape index (κ2) is 16.4. The third-order valence-electron chi connectivity index (χ3n) is 11.3. The molecule has 16 heteroatoms. The van der Waals surface area contributed by atoms with Crippen molar-refractivity contribution >= 4 is 44.9 Å². The molecule has 15 nitrogen and oxygen atoms in total. The fourth-order valence-corrected chi connectivity index (χ4v) is 9.29. The molecule has 1 aromatic carbocycles. The summed E-state index contributed by atoms with van der Waals surface area (Å²) in [6, 6.07) is 3.18. The Morgan fingerprint density at radius 3 is 2.47 bits per heavy atom. The van der Waals surface area contributed by atoms with E-state index in [1.54, 1.807) is 40.0 Å². The Morgan fingerprint density at radius 1 is 1.09 bits per heavy atom. The number of rotatable bonds is 9. The summed E-state index contributed by atoms with van der Waals surface area (Å²) in [7, 11) is -2.35. The lowest BCUT2D eigenvalue weighted by molar-refractivity contribution is -0.142. The smallest absolute Gasteiger partial charge is 0.408 e. The van der Waals surface area contributed by atoms with Gasteiger partial charge in [-0.15, -0.1) is 0 Å². The van der Waals surface area contributed by atoms with Crippen molar-refractivity contribution in [3.63, 3.8) is 0 Å². The molecule has 4 amide bonds. The number of nitrogens with zero attached hydrogens (tertiary/aromatic N) is 3. The highest BCUT2D eigenvalue weighted by Crippen LogP contribution is 2.46. The largest absolute Gasteiger partial charge is 0.497 e. The van der Waals surface area contributed by atoms with Gasteiger partial charge in [0, 0.05) is 24.3 Å². The molecule has 2 saturated carbocycles. The zero-order chi connectivity index (χ0) is 41.4. The van der Waals surface area contributed by atoms with E-state index in [-0.39, 0.29) is 43.0 Å². The van der Waals surface area contributed by atoms with E-state index in [1.165, 1.54) is 4.90 Å². The second-order valence-electron chi connectivity index (χ2n) is 17.5. The number of alkyl carbamates (subject to hydrolysis) is 1. The number of sulfonamides is 1. The third kappa shape index (κ3) is 9.64. The Morgan fingerprint density at radius 2 is 1.82 bits per heavy atom. The van der Waals surface area contributed by atoms with Gasteiger partial charge in [-0.2, -0.15) is 0 Å². The van der Waals surface area contributed by atoms with Gasteiger partial charge < -0.3 is 29.7 Å². The molecule has 57 heavy (non-hydrogen) atoms. The van der Waals surface area contributed by atoms with Gasteiger partial charge in [-0.05, 0) is 83.3 Å². The first kappa shape index (κ1) is 42.1. The molecule has 3 fully saturated rings. The predicted octanol–water partition coefficient (Wildman–Crippen LogP) is 4.89. The molecule has 0 spiro atoms. The highest BCUT2D eigenvalue weighted by atomic mass is 32.2. The minimum absolute atomic E-state index is 0.0257. The second-order valence-corrected chi connectivity index (χ2v) is 19.5. The summed E-state index contributed by atoms with van der Waals surface area (Å²) < 4.78 is 45.7. The highest BCUT2D eigenvalue weighted by Gasteiger charge is 2.62. The van der Waals surface area contributed by atoms with Gasteiger partial charge >= 0.3 is 6.09 Å². The fourth-order valence-electron chi connectivity index (χ4n) is 7.93. The first-order valence-electron chi connectivity index (χ1n) is 20.2. The van der Waals surface area contributed by atoms with Crippen molar-refractivity contribution in [3.05, 3.63) is 36.0 Å². The van der Waals surface area contributed by atoms with Crippen LogP contribution in [0.4, 0.5) is 4.79 Å². The molecule has 0 bridgehead atoms. The molecule has 7 atom stereocenters. The number of carbonyl (C=O) groups is 4. The summed E-state index contributed by atoms with van der Waals surface area (Å²) in [5.41, 5.74) is -0.568. The number of methoxy groups -OCH3 is 1. The van der Waals surface area contributed by atoms with Crippen molar-refractivity contribution in [1.82, 2.24) is 30.2 Å². The van der Waals surface area contributed by atoms with Crippen molar-refractivity contribution < 1.29 is 41.8 Å². The average molecular weight is 811 g/mol. The number of hydrogen-bond donors (Lipinski definition) is 3. The van der Waals surface area contributed by atoms with Gasteiger partial charge in [0.2, 0.25) is 27.7 Å². The molecule has 4 aliphatic rings. The van der Waals surface area contributed by atoms with E-state index in [0.29, 0.717) is 54.6 Å². The zero-order valence-electron chi connectivity index (χ0n) is 34.3. The monoisotopic (exact) mass is 810 g/mol. The maximum absolute atomic E-state index is 15.0. The van der Waals surface area contributed by atoms with E-state index >= 15 is 0 Å². The Balaban J connectivity index is 1.38. The minimum atomic E-state index is -3.91. The molecular formula is C41H58N6O9S. The van der Waals surface area contributed by atoms with E-state index in [2.05, 4.69) is 22.3 Å². The van der Waals surface area contributed by atoms with Crippen LogP contribution in [0.1, 0.15) is 111 Å². The number of ether oxygens (including phenoxy) is 3. The van der Waals surface area contributed by atoms with Gasteiger partial charge in [-0.1, -0.05) is 46.3 Å². The lowest BCUT2D eigenvalue weighted by atomic mass is 9.85. The maximum atomic E-state index is 15.0. The maximum Gasteiger partial charge on any atom is 0.408 e. The Labute approximate surface area is 335 Å². The molecular weight excluding hydrogens is 753 g/mol. The standard InChI is InChI=1S/C41H58N6O9S/c1-9-25-18-24(4)12-10-11-13-26-21-41(26,38(50)46-57(52,53)29-15-16-29)45-35(48)32-20-28(22-47(32)37(49)34(25)44-39(51)56-40(5,6)7)55-36-33(23(2)3)42-30-17-14-27(54-8)19-31(30)43-36/h11,13-14,17,19,23-26,28-29,32,34H,9-10,12,15-16,18,20-22H2,1-8H3,(H,44,51)(H,45,48)(H,46,50)/b13-11-/t24-,25-,26-,28-,32+,34+,41-/m1/s1. The molecule has 2 aliphatic carbocycles. The quantitative estimate of drug-likeness (QED) is 0.292. The van der Waals surface area contributed by atoms with Crippen LogP contribution in [0, 0.1) is 17.8 Å². The Hall–Kier alpha value is -4.47. The normalized spacial score (nSPS) is 29.0. The van der Waals surface area contributed by atoms with E-state index in [1.807, 2.05) is 39.0 Å². The van der Waals surface area contributed by atoms with Crippen LogP contribution in [0.15, 0.2) is 30.4 Å². The van der Waals surface area contributed by atoms with Crippen LogP contribution in [-0.4, -0.2) is 95.3 Å². The zero-order valence-corrected chi connectivity index (χ0v) is 35.1.